The number of rotatable bonds is 2. The SMILES string of the molecule is Cc1cc(C)n(C(F)(F)C(F)Cl)n1. The molecule has 0 aliphatic heterocycles. The van der Waals surface area contributed by atoms with Crippen LogP contribution in [0, 0.1) is 13.8 Å². The maximum Gasteiger partial charge on any atom is 0.388 e. The van der Waals surface area contributed by atoms with Gasteiger partial charge >= 0.3 is 6.05 Å². The Morgan fingerprint density at radius 1 is 1.54 bits per heavy atom. The van der Waals surface area contributed by atoms with Crippen molar-refractivity contribution in [3.8, 4) is 0 Å². The summed E-state index contributed by atoms with van der Waals surface area (Å²) in [7, 11) is 0. The largest absolute Gasteiger partial charge is 0.388 e. The van der Waals surface area contributed by atoms with Gasteiger partial charge < -0.3 is 0 Å². The van der Waals surface area contributed by atoms with Gasteiger partial charge in [-0.25, -0.2) is 9.07 Å². The molecule has 1 aromatic heterocycles. The standard InChI is InChI=1S/C7H8ClF3N2/c1-4-3-5(2)13(12-4)7(10,11)6(8)9/h3,6H,1-2H3. The number of hydrogen-bond donors (Lipinski definition) is 0. The molecule has 0 N–H and O–H groups in total. The third-order valence-corrected chi connectivity index (χ3v) is 1.82. The predicted molar refractivity (Wildman–Crippen MR) is 42.6 cm³/mol. The topological polar surface area (TPSA) is 17.8 Å². The molecule has 0 aromatic carbocycles. The van der Waals surface area contributed by atoms with Gasteiger partial charge in [-0.15, -0.1) is 0 Å². The van der Waals surface area contributed by atoms with Gasteiger partial charge in [-0.3, -0.25) is 0 Å². The fraction of sp³-hybridized carbons (Fsp3) is 0.571. The van der Waals surface area contributed by atoms with E-state index < -0.39 is 11.7 Å². The van der Waals surface area contributed by atoms with E-state index in [1.54, 1.807) is 6.92 Å². The van der Waals surface area contributed by atoms with Gasteiger partial charge in [-0.2, -0.15) is 13.9 Å². The molecule has 1 unspecified atom stereocenters. The zero-order valence-electron chi connectivity index (χ0n) is 7.06. The Labute approximate surface area is 78.3 Å². The van der Waals surface area contributed by atoms with Crippen LogP contribution in [0.25, 0.3) is 0 Å². The van der Waals surface area contributed by atoms with Gasteiger partial charge in [0.2, 0.25) is 0 Å². The van der Waals surface area contributed by atoms with E-state index >= 15 is 0 Å². The first-order chi connectivity index (χ1) is 5.85. The van der Waals surface area contributed by atoms with E-state index in [1.807, 2.05) is 0 Å². The number of halogens is 4. The maximum absolute atomic E-state index is 12.9. The van der Waals surface area contributed by atoms with Crippen molar-refractivity contribution in [1.29, 1.82) is 0 Å². The molecular weight excluding hydrogens is 205 g/mol. The Kier molecular flexibility index (Phi) is 2.56. The number of hydrogen-bond acceptors (Lipinski definition) is 1. The zero-order valence-corrected chi connectivity index (χ0v) is 7.82. The third-order valence-electron chi connectivity index (χ3n) is 1.55. The van der Waals surface area contributed by atoms with Gasteiger partial charge in [-0.05, 0) is 19.9 Å². The summed E-state index contributed by atoms with van der Waals surface area (Å²) in [5.41, 5.74) is -2.20. The Bertz CT molecular complexity index is 309. The van der Waals surface area contributed by atoms with Gasteiger partial charge in [-0.1, -0.05) is 11.6 Å². The van der Waals surface area contributed by atoms with Crippen LogP contribution in [0.5, 0.6) is 0 Å². The van der Waals surface area contributed by atoms with Crippen LogP contribution < -0.4 is 0 Å². The lowest BCUT2D eigenvalue weighted by Crippen LogP contribution is -2.32. The molecule has 0 radical (unpaired) electrons. The molecule has 0 amide bonds. The Hall–Kier alpha value is -0.710. The summed E-state index contributed by atoms with van der Waals surface area (Å²) in [6, 6.07) is -2.37. The third kappa shape index (κ3) is 1.80. The van der Waals surface area contributed by atoms with Gasteiger partial charge in [0, 0.05) is 5.69 Å². The summed E-state index contributed by atoms with van der Waals surface area (Å²) in [4.78, 5) is 0. The summed E-state index contributed by atoms with van der Waals surface area (Å²) in [6.45, 7) is 2.95. The summed E-state index contributed by atoms with van der Waals surface area (Å²) in [6.07, 6.45) is 0. The van der Waals surface area contributed by atoms with E-state index in [4.69, 9.17) is 11.6 Å². The number of nitrogens with zero attached hydrogens (tertiary/aromatic N) is 2. The van der Waals surface area contributed by atoms with E-state index in [2.05, 4.69) is 5.10 Å². The second kappa shape index (κ2) is 3.21. The molecule has 0 aliphatic carbocycles. The van der Waals surface area contributed by atoms with E-state index in [1.165, 1.54) is 13.0 Å². The minimum Gasteiger partial charge on any atom is -0.221 e. The summed E-state index contributed by atoms with van der Waals surface area (Å²) >= 11 is 4.71. The van der Waals surface area contributed by atoms with Gasteiger partial charge in [0.25, 0.3) is 5.63 Å². The van der Waals surface area contributed by atoms with Crippen LogP contribution in [0.2, 0.25) is 0 Å². The molecule has 2 nitrogen and oxygen atoms in total. The Morgan fingerprint density at radius 2 is 2.08 bits per heavy atom. The highest BCUT2D eigenvalue weighted by molar-refractivity contribution is 6.20. The van der Waals surface area contributed by atoms with E-state index in [0.29, 0.717) is 10.4 Å². The van der Waals surface area contributed by atoms with Crippen molar-refractivity contribution in [2.24, 2.45) is 0 Å². The molecule has 1 aromatic rings. The molecule has 1 atom stereocenters. The lowest BCUT2D eigenvalue weighted by atomic mass is 10.4. The summed E-state index contributed by atoms with van der Waals surface area (Å²) in [5, 5.41) is 3.45. The van der Waals surface area contributed by atoms with Crippen LogP contribution in [-0.4, -0.2) is 15.4 Å². The van der Waals surface area contributed by atoms with Crippen LogP contribution >= 0.6 is 11.6 Å². The Balaban J connectivity index is 3.13. The van der Waals surface area contributed by atoms with Crippen LogP contribution in [0.1, 0.15) is 11.4 Å². The molecule has 0 bridgehead atoms. The second-order valence-corrected chi connectivity index (χ2v) is 3.11. The van der Waals surface area contributed by atoms with Crippen LogP contribution in [0.15, 0.2) is 6.07 Å². The van der Waals surface area contributed by atoms with E-state index in [9.17, 15) is 13.2 Å². The fourth-order valence-corrected chi connectivity index (χ4v) is 1.12. The summed E-state index contributed by atoms with van der Waals surface area (Å²) < 4.78 is 38.5. The number of alkyl halides is 4. The van der Waals surface area contributed by atoms with Crippen molar-refractivity contribution in [1.82, 2.24) is 9.78 Å². The van der Waals surface area contributed by atoms with Gasteiger partial charge in [0.15, 0.2) is 0 Å². The highest BCUT2D eigenvalue weighted by Gasteiger charge is 2.42. The average Bonchev–Trinajstić information content (AvgIpc) is 2.30. The fourth-order valence-electron chi connectivity index (χ4n) is 1.02. The van der Waals surface area contributed by atoms with Crippen LogP contribution in [0.4, 0.5) is 13.2 Å². The van der Waals surface area contributed by atoms with Crippen molar-refractivity contribution in [2.45, 2.75) is 25.5 Å². The minimum absolute atomic E-state index is 0.172. The predicted octanol–water partition coefficient (Wildman–Crippen LogP) is 2.58. The van der Waals surface area contributed by atoms with Gasteiger partial charge in [0.1, 0.15) is 0 Å². The van der Waals surface area contributed by atoms with Crippen molar-refractivity contribution in [2.75, 3.05) is 0 Å². The molecule has 13 heavy (non-hydrogen) atoms. The molecule has 0 saturated heterocycles. The van der Waals surface area contributed by atoms with Crippen molar-refractivity contribution >= 4 is 11.6 Å². The Morgan fingerprint density at radius 3 is 2.38 bits per heavy atom. The van der Waals surface area contributed by atoms with E-state index in [-0.39, 0.29) is 5.69 Å². The van der Waals surface area contributed by atoms with Crippen LogP contribution in [-0.2, 0) is 6.05 Å². The highest BCUT2D eigenvalue weighted by Crippen LogP contribution is 2.30. The smallest absolute Gasteiger partial charge is 0.221 e. The first kappa shape index (κ1) is 10.4. The monoisotopic (exact) mass is 212 g/mol. The van der Waals surface area contributed by atoms with E-state index in [0.717, 1.165) is 0 Å². The zero-order chi connectivity index (χ0) is 10.2. The average molecular weight is 213 g/mol. The van der Waals surface area contributed by atoms with Crippen molar-refractivity contribution in [3.63, 3.8) is 0 Å². The van der Waals surface area contributed by atoms with Crippen LogP contribution in [0.3, 0.4) is 0 Å². The minimum atomic E-state index is -3.79. The van der Waals surface area contributed by atoms with Gasteiger partial charge in [0.05, 0.1) is 5.69 Å². The highest BCUT2D eigenvalue weighted by atomic mass is 35.5. The molecule has 6 heteroatoms. The number of aromatic nitrogens is 2. The van der Waals surface area contributed by atoms with Crippen molar-refractivity contribution < 1.29 is 13.2 Å². The summed E-state index contributed by atoms with van der Waals surface area (Å²) in [5.74, 6) is 0. The maximum atomic E-state index is 12.9. The molecule has 0 fully saturated rings. The molecular formula is C7H8ClF3N2. The first-order valence-corrected chi connectivity index (χ1v) is 3.99. The second-order valence-electron chi connectivity index (χ2n) is 2.73. The lowest BCUT2D eigenvalue weighted by molar-refractivity contribution is -0.126. The molecule has 1 heterocycles. The molecule has 0 saturated carbocycles. The molecule has 0 spiro atoms. The number of aryl methyl sites for hydroxylation is 2. The molecule has 0 aliphatic rings. The molecule has 1 rings (SSSR count). The lowest BCUT2D eigenvalue weighted by Gasteiger charge is -2.17. The molecule has 74 valence electrons. The first-order valence-electron chi connectivity index (χ1n) is 3.55. The normalized spacial score (nSPS) is 14.6. The quantitative estimate of drug-likeness (QED) is 0.689. The van der Waals surface area contributed by atoms with Crippen molar-refractivity contribution in [3.05, 3.63) is 17.5 Å².